The van der Waals surface area contributed by atoms with Gasteiger partial charge in [-0.1, -0.05) is 37.3 Å². The van der Waals surface area contributed by atoms with Crippen LogP contribution in [0.15, 0.2) is 54.9 Å². The van der Waals surface area contributed by atoms with E-state index in [-0.39, 0.29) is 0 Å². The van der Waals surface area contributed by atoms with Crippen molar-refractivity contribution in [2.24, 2.45) is 0 Å². The zero-order chi connectivity index (χ0) is 21.8. The number of nitrogens with one attached hydrogen (secondary N) is 1. The molecule has 0 amide bonds. The van der Waals surface area contributed by atoms with Crippen LogP contribution in [0.3, 0.4) is 0 Å². The Hall–Kier alpha value is -3.46. The van der Waals surface area contributed by atoms with Crippen molar-refractivity contribution in [1.29, 1.82) is 0 Å². The molecule has 1 aliphatic rings. The Morgan fingerprint density at radius 2 is 1.77 bits per heavy atom. The fourth-order valence-corrected chi connectivity index (χ4v) is 2.68. The Kier molecular flexibility index (Phi) is 9.26. The number of nitrogens with zero attached hydrogens (tertiary/aromatic N) is 3. The first-order valence-corrected chi connectivity index (χ1v) is 9.55. The van der Waals surface area contributed by atoms with E-state index in [4.69, 9.17) is 14.9 Å². The molecule has 0 saturated carbocycles. The average Bonchev–Trinajstić information content (AvgIpc) is 2.78. The van der Waals surface area contributed by atoms with Gasteiger partial charge in [-0.15, -0.1) is 0 Å². The molecule has 1 saturated heterocycles. The van der Waals surface area contributed by atoms with Crippen LogP contribution in [0.5, 0.6) is 5.88 Å². The first-order chi connectivity index (χ1) is 14.5. The van der Waals surface area contributed by atoms with Gasteiger partial charge in [0.05, 0.1) is 19.0 Å². The molecule has 3 N–H and O–H groups in total. The second kappa shape index (κ2) is 12.2. The van der Waals surface area contributed by atoms with Crippen LogP contribution in [0, 0.1) is 0 Å². The second-order valence-electron chi connectivity index (χ2n) is 6.59. The van der Waals surface area contributed by atoms with Crippen molar-refractivity contribution in [2.75, 3.05) is 37.7 Å². The summed E-state index contributed by atoms with van der Waals surface area (Å²) in [5, 5.41) is 19.0. The smallest absolute Gasteiger partial charge is 0.328 e. The third-order valence-corrected chi connectivity index (χ3v) is 4.26. The van der Waals surface area contributed by atoms with Crippen LogP contribution < -0.4 is 15.0 Å². The molecule has 1 aromatic carbocycles. The van der Waals surface area contributed by atoms with Crippen LogP contribution >= 0.6 is 0 Å². The fourth-order valence-electron chi connectivity index (χ4n) is 2.68. The summed E-state index contributed by atoms with van der Waals surface area (Å²) in [6.45, 7) is 6.64. The Balaban J connectivity index is 0.000000343. The van der Waals surface area contributed by atoms with E-state index in [1.165, 1.54) is 5.56 Å². The van der Waals surface area contributed by atoms with Gasteiger partial charge >= 0.3 is 11.9 Å². The van der Waals surface area contributed by atoms with Crippen LogP contribution in [0.25, 0.3) is 0 Å². The van der Waals surface area contributed by atoms with Crippen molar-refractivity contribution in [3.63, 3.8) is 0 Å². The fraction of sp³-hybridized carbons (Fsp3) is 0.333. The summed E-state index contributed by atoms with van der Waals surface area (Å²) in [7, 11) is 0. The van der Waals surface area contributed by atoms with Crippen LogP contribution in [0.1, 0.15) is 18.4 Å². The standard InChI is InChI=1S/C17H22N4O.C4H4O4/c1-14(15-5-3-2-4-6-15)13-22-17-12-19-11-16(20-17)21-9-7-18-8-10-21;5-3(6)1-2-4(7)8/h2-6,11-12,14,18H,7-10,13H2,1H3;1-2H,(H,5,6)(H,7,8)/b;2-1-. The van der Waals surface area contributed by atoms with Crippen molar-refractivity contribution in [3.8, 4) is 5.88 Å². The molecule has 1 aliphatic heterocycles. The summed E-state index contributed by atoms with van der Waals surface area (Å²) in [6, 6.07) is 10.4. The molecule has 2 heterocycles. The zero-order valence-electron chi connectivity index (χ0n) is 16.8. The highest BCUT2D eigenvalue weighted by Gasteiger charge is 2.13. The number of aliphatic carboxylic acids is 2. The Bertz CT molecular complexity index is 822. The number of benzene rings is 1. The number of hydrogen-bond acceptors (Lipinski definition) is 7. The minimum absolute atomic E-state index is 0.325. The van der Waals surface area contributed by atoms with Crippen molar-refractivity contribution < 1.29 is 24.5 Å². The molecule has 1 atom stereocenters. The Morgan fingerprint density at radius 3 is 2.37 bits per heavy atom. The Labute approximate surface area is 175 Å². The highest BCUT2D eigenvalue weighted by Crippen LogP contribution is 2.18. The molecule has 9 heteroatoms. The van der Waals surface area contributed by atoms with Crippen LogP contribution in [0.4, 0.5) is 5.82 Å². The largest absolute Gasteiger partial charge is 0.478 e. The number of piperazine rings is 1. The zero-order valence-corrected chi connectivity index (χ0v) is 16.8. The lowest BCUT2D eigenvalue weighted by molar-refractivity contribution is -0.134. The molecule has 1 unspecified atom stereocenters. The van der Waals surface area contributed by atoms with E-state index in [0.717, 1.165) is 32.0 Å². The molecule has 0 spiro atoms. The molecular formula is C21H26N4O5. The monoisotopic (exact) mass is 414 g/mol. The lowest BCUT2D eigenvalue weighted by atomic mass is 10.0. The van der Waals surface area contributed by atoms with Gasteiger partial charge in [0.2, 0.25) is 5.88 Å². The van der Waals surface area contributed by atoms with Crippen molar-refractivity contribution in [2.45, 2.75) is 12.8 Å². The van der Waals surface area contributed by atoms with E-state index in [1.54, 1.807) is 12.4 Å². The second-order valence-corrected chi connectivity index (χ2v) is 6.59. The van der Waals surface area contributed by atoms with Gasteiger partial charge in [-0.25, -0.2) is 9.59 Å². The van der Waals surface area contributed by atoms with Gasteiger partial charge in [0.15, 0.2) is 5.82 Å². The maximum absolute atomic E-state index is 9.55. The molecule has 0 radical (unpaired) electrons. The molecule has 1 fully saturated rings. The van der Waals surface area contributed by atoms with Crippen molar-refractivity contribution in [3.05, 3.63) is 60.4 Å². The van der Waals surface area contributed by atoms with Gasteiger partial charge in [0, 0.05) is 44.2 Å². The van der Waals surface area contributed by atoms with Crippen molar-refractivity contribution >= 4 is 17.8 Å². The van der Waals surface area contributed by atoms with E-state index >= 15 is 0 Å². The third-order valence-electron chi connectivity index (χ3n) is 4.26. The topological polar surface area (TPSA) is 125 Å². The summed E-state index contributed by atoms with van der Waals surface area (Å²) in [5.41, 5.74) is 1.27. The number of carbonyl (C=O) groups is 2. The molecule has 160 valence electrons. The number of aromatic nitrogens is 2. The van der Waals surface area contributed by atoms with E-state index in [9.17, 15) is 9.59 Å². The Morgan fingerprint density at radius 1 is 1.13 bits per heavy atom. The van der Waals surface area contributed by atoms with E-state index in [2.05, 4.69) is 51.4 Å². The first-order valence-electron chi connectivity index (χ1n) is 9.55. The summed E-state index contributed by atoms with van der Waals surface area (Å²) in [5.74, 6) is -0.698. The number of carboxylic acids is 2. The molecule has 3 rings (SSSR count). The SMILES string of the molecule is CC(COc1cncc(N2CCNCC2)n1)c1ccccc1.O=C(O)/C=C\C(=O)O. The number of ether oxygens (including phenoxy) is 1. The molecule has 30 heavy (non-hydrogen) atoms. The molecular weight excluding hydrogens is 388 g/mol. The van der Waals surface area contributed by atoms with Gasteiger partial charge in [0.1, 0.15) is 0 Å². The van der Waals surface area contributed by atoms with Crippen molar-refractivity contribution in [1.82, 2.24) is 15.3 Å². The summed E-state index contributed by atoms with van der Waals surface area (Å²) in [4.78, 5) is 30.2. The maximum atomic E-state index is 9.55. The van der Waals surface area contributed by atoms with Crippen LogP contribution in [-0.4, -0.2) is 64.9 Å². The van der Waals surface area contributed by atoms with E-state index in [1.807, 2.05) is 6.07 Å². The van der Waals surface area contributed by atoms with Gasteiger partial charge < -0.3 is 25.2 Å². The number of hydrogen-bond donors (Lipinski definition) is 3. The lowest BCUT2D eigenvalue weighted by Gasteiger charge is -2.28. The number of carboxylic acid groups (broad SMARTS) is 2. The first kappa shape index (κ1) is 22.8. The van der Waals surface area contributed by atoms with Crippen LogP contribution in [0.2, 0.25) is 0 Å². The summed E-state index contributed by atoms with van der Waals surface area (Å²) in [6.07, 6.45) is 4.60. The highest BCUT2D eigenvalue weighted by molar-refractivity contribution is 5.89. The van der Waals surface area contributed by atoms with Gasteiger partial charge in [-0.05, 0) is 5.56 Å². The average molecular weight is 414 g/mol. The summed E-state index contributed by atoms with van der Waals surface area (Å²) >= 11 is 0. The molecule has 0 bridgehead atoms. The molecule has 2 aromatic rings. The molecule has 9 nitrogen and oxygen atoms in total. The third kappa shape index (κ3) is 8.27. The quantitative estimate of drug-likeness (QED) is 0.581. The highest BCUT2D eigenvalue weighted by atomic mass is 16.5. The maximum Gasteiger partial charge on any atom is 0.328 e. The normalized spacial score (nSPS) is 14.5. The molecule has 1 aromatic heterocycles. The van der Waals surface area contributed by atoms with Gasteiger partial charge in [0.25, 0.3) is 0 Å². The van der Waals surface area contributed by atoms with Crippen LogP contribution in [-0.2, 0) is 9.59 Å². The van der Waals surface area contributed by atoms with E-state index < -0.39 is 11.9 Å². The minimum Gasteiger partial charge on any atom is -0.478 e. The lowest BCUT2D eigenvalue weighted by Crippen LogP contribution is -2.43. The van der Waals surface area contributed by atoms with Gasteiger partial charge in [-0.3, -0.25) is 4.98 Å². The summed E-state index contributed by atoms with van der Waals surface area (Å²) < 4.78 is 5.84. The number of rotatable bonds is 7. The number of anilines is 1. The van der Waals surface area contributed by atoms with E-state index in [0.29, 0.717) is 30.6 Å². The predicted molar refractivity (Wildman–Crippen MR) is 112 cm³/mol. The molecule has 0 aliphatic carbocycles. The minimum atomic E-state index is -1.26. The predicted octanol–water partition coefficient (Wildman–Crippen LogP) is 1.78. The van der Waals surface area contributed by atoms with Gasteiger partial charge in [-0.2, -0.15) is 4.98 Å².